The van der Waals surface area contributed by atoms with Gasteiger partial charge in [0, 0.05) is 28.8 Å². The highest BCUT2D eigenvalue weighted by Gasteiger charge is 2.34. The molecule has 1 aromatic carbocycles. The lowest BCUT2D eigenvalue weighted by Gasteiger charge is -2.27. The second kappa shape index (κ2) is 9.29. The number of hydrogen-bond acceptors (Lipinski definition) is 6. The highest BCUT2D eigenvalue weighted by molar-refractivity contribution is 6.06. The number of aliphatic hydroxyl groups is 1. The number of carbonyl (C=O) groups is 2. The number of hydrogen-bond donors (Lipinski definition) is 2. The molecule has 0 unspecified atom stereocenters. The number of amides is 1. The lowest BCUT2D eigenvalue weighted by atomic mass is 9.87. The summed E-state index contributed by atoms with van der Waals surface area (Å²) in [5.74, 6) is -1.60. The van der Waals surface area contributed by atoms with E-state index in [1.54, 1.807) is 32.2 Å². The van der Waals surface area contributed by atoms with Crippen LogP contribution in [0.3, 0.4) is 0 Å². The molecule has 0 radical (unpaired) electrons. The molecular weight excluding hydrogens is 465 g/mol. The Labute approximate surface area is 199 Å². The van der Waals surface area contributed by atoms with Crippen molar-refractivity contribution in [2.24, 2.45) is 5.92 Å². The fraction of sp³-hybridized carbons (Fsp3) is 0.417. The molecule has 4 rings (SSSR count). The maximum atomic E-state index is 12.9. The first-order valence-electron chi connectivity index (χ1n) is 11.2. The molecule has 11 heteroatoms. The molecule has 2 N–H and O–H groups in total. The number of nitrogens with zero attached hydrogens (tertiary/aromatic N) is 3. The molecule has 0 spiro atoms. The average Bonchev–Trinajstić information content (AvgIpc) is 3.20. The summed E-state index contributed by atoms with van der Waals surface area (Å²) in [5, 5.41) is 18.6. The summed E-state index contributed by atoms with van der Waals surface area (Å²) in [4.78, 5) is 27.7. The number of fused-ring (bicyclic) bond motifs is 1. The minimum atomic E-state index is -4.99. The van der Waals surface area contributed by atoms with E-state index in [0.29, 0.717) is 10.9 Å². The smallest absolute Gasteiger partial charge is 0.403 e. The Hall–Kier alpha value is -3.47. The molecule has 1 fully saturated rings. The third kappa shape index (κ3) is 5.45. The molecule has 1 saturated carbocycles. The molecular formula is C24H25F3N4O4. The maximum absolute atomic E-state index is 12.9. The Morgan fingerprint density at radius 1 is 1.23 bits per heavy atom. The van der Waals surface area contributed by atoms with Gasteiger partial charge < -0.3 is 20.0 Å². The van der Waals surface area contributed by atoms with Crippen LogP contribution in [0.25, 0.3) is 10.9 Å². The van der Waals surface area contributed by atoms with E-state index in [-0.39, 0.29) is 17.6 Å². The first kappa shape index (κ1) is 24.6. The molecule has 8 nitrogen and oxygen atoms in total. The van der Waals surface area contributed by atoms with Crippen molar-refractivity contribution in [2.75, 3.05) is 5.32 Å². The number of aldehydes is 1. The van der Waals surface area contributed by atoms with Gasteiger partial charge in [-0.3, -0.25) is 9.48 Å². The molecule has 0 saturated heterocycles. The summed E-state index contributed by atoms with van der Waals surface area (Å²) < 4.78 is 44.1. The Kier molecular flexibility index (Phi) is 6.54. The van der Waals surface area contributed by atoms with Crippen molar-refractivity contribution >= 4 is 28.8 Å². The van der Waals surface area contributed by atoms with Crippen LogP contribution >= 0.6 is 0 Å². The van der Waals surface area contributed by atoms with Crippen molar-refractivity contribution in [1.82, 2.24) is 14.8 Å². The number of nitrogens with one attached hydrogen (secondary N) is 1. The summed E-state index contributed by atoms with van der Waals surface area (Å²) in [5.41, 5.74) is -0.627. The van der Waals surface area contributed by atoms with Gasteiger partial charge in [0.1, 0.15) is 6.29 Å². The van der Waals surface area contributed by atoms with Crippen molar-refractivity contribution in [1.29, 1.82) is 0 Å². The van der Waals surface area contributed by atoms with Crippen LogP contribution < -0.4 is 10.1 Å². The average molecular weight is 490 g/mol. The molecule has 3 aromatic rings. The van der Waals surface area contributed by atoms with Gasteiger partial charge in [-0.1, -0.05) is 0 Å². The summed E-state index contributed by atoms with van der Waals surface area (Å²) in [6.45, 7) is 3.08. The van der Waals surface area contributed by atoms with E-state index in [0.717, 1.165) is 43.6 Å². The van der Waals surface area contributed by atoms with Gasteiger partial charge in [-0.05, 0) is 63.8 Å². The molecule has 1 aliphatic rings. The normalized spacial score (nSPS) is 18.9. The largest absolute Gasteiger partial charge is 0.573 e. The van der Waals surface area contributed by atoms with Crippen LogP contribution in [-0.4, -0.2) is 38.4 Å². The lowest BCUT2D eigenvalue weighted by Crippen LogP contribution is -2.24. The molecule has 1 aliphatic carbocycles. The van der Waals surface area contributed by atoms with Gasteiger partial charge >= 0.3 is 6.36 Å². The van der Waals surface area contributed by atoms with Gasteiger partial charge in [-0.15, -0.1) is 13.2 Å². The molecule has 2 heterocycles. The fourth-order valence-corrected chi connectivity index (χ4v) is 4.43. The Bertz CT molecular complexity index is 1240. The van der Waals surface area contributed by atoms with Crippen LogP contribution in [0.1, 0.15) is 61.6 Å². The number of anilines is 1. The molecule has 2 aromatic heterocycles. The molecule has 186 valence electrons. The highest BCUT2D eigenvalue weighted by atomic mass is 19.4. The van der Waals surface area contributed by atoms with Gasteiger partial charge in [0.15, 0.2) is 11.4 Å². The first-order valence-corrected chi connectivity index (χ1v) is 11.2. The fourth-order valence-electron chi connectivity index (χ4n) is 4.43. The lowest BCUT2D eigenvalue weighted by molar-refractivity contribution is -0.274. The van der Waals surface area contributed by atoms with Gasteiger partial charge in [0.05, 0.1) is 23.4 Å². The highest BCUT2D eigenvalue weighted by Crippen LogP contribution is 2.37. The van der Waals surface area contributed by atoms with Crippen LogP contribution in [0.4, 0.5) is 18.9 Å². The number of pyridine rings is 1. The monoisotopic (exact) mass is 490 g/mol. The zero-order chi connectivity index (χ0) is 25.4. The predicted molar refractivity (Wildman–Crippen MR) is 121 cm³/mol. The molecule has 1 amide bonds. The van der Waals surface area contributed by atoms with Crippen LogP contribution in [0.2, 0.25) is 0 Å². The number of rotatable bonds is 6. The van der Waals surface area contributed by atoms with Crippen molar-refractivity contribution in [3.8, 4) is 5.75 Å². The second-order valence-electron chi connectivity index (χ2n) is 9.16. The van der Waals surface area contributed by atoms with Gasteiger partial charge in [-0.2, -0.15) is 5.10 Å². The SMILES string of the molecule is CC(C)(O)c1cc2c(cnn2C2CCC(C=O)CC2)cc1NC(=O)c1ncccc1OC(F)(F)F. The number of halogens is 3. The van der Waals surface area contributed by atoms with E-state index in [1.165, 1.54) is 12.3 Å². The Morgan fingerprint density at radius 2 is 1.94 bits per heavy atom. The van der Waals surface area contributed by atoms with Gasteiger partial charge in [0.2, 0.25) is 0 Å². The van der Waals surface area contributed by atoms with E-state index in [4.69, 9.17) is 0 Å². The van der Waals surface area contributed by atoms with E-state index in [9.17, 15) is 27.9 Å². The zero-order valence-corrected chi connectivity index (χ0v) is 19.2. The number of benzene rings is 1. The van der Waals surface area contributed by atoms with Gasteiger partial charge in [-0.25, -0.2) is 4.98 Å². The van der Waals surface area contributed by atoms with Crippen molar-refractivity contribution in [3.05, 3.63) is 47.9 Å². The minimum absolute atomic E-state index is 0.0552. The number of alkyl halides is 3. The first-order chi connectivity index (χ1) is 16.5. The molecule has 35 heavy (non-hydrogen) atoms. The van der Waals surface area contributed by atoms with Crippen LogP contribution in [0.5, 0.6) is 5.75 Å². The zero-order valence-electron chi connectivity index (χ0n) is 19.2. The quantitative estimate of drug-likeness (QED) is 0.484. The van der Waals surface area contributed by atoms with Crippen LogP contribution in [-0.2, 0) is 10.4 Å². The third-order valence-corrected chi connectivity index (χ3v) is 6.13. The molecule has 0 atom stereocenters. The Balaban J connectivity index is 1.68. The maximum Gasteiger partial charge on any atom is 0.573 e. The van der Waals surface area contributed by atoms with E-state index < -0.39 is 29.3 Å². The summed E-state index contributed by atoms with van der Waals surface area (Å²) in [6, 6.07) is 5.65. The van der Waals surface area contributed by atoms with Crippen LogP contribution in [0, 0.1) is 5.92 Å². The summed E-state index contributed by atoms with van der Waals surface area (Å²) in [7, 11) is 0. The predicted octanol–water partition coefficient (Wildman–Crippen LogP) is 4.74. The minimum Gasteiger partial charge on any atom is -0.403 e. The number of ether oxygens (including phenoxy) is 1. The number of aromatic nitrogens is 3. The van der Waals surface area contributed by atoms with Crippen molar-refractivity contribution in [2.45, 2.75) is 57.5 Å². The van der Waals surface area contributed by atoms with Crippen molar-refractivity contribution < 1.29 is 32.6 Å². The van der Waals surface area contributed by atoms with Crippen LogP contribution in [0.15, 0.2) is 36.7 Å². The topological polar surface area (TPSA) is 106 Å². The second-order valence-corrected chi connectivity index (χ2v) is 9.16. The molecule has 0 bridgehead atoms. The summed E-state index contributed by atoms with van der Waals surface area (Å²) >= 11 is 0. The van der Waals surface area contributed by atoms with Gasteiger partial charge in [0.25, 0.3) is 5.91 Å². The van der Waals surface area contributed by atoms with E-state index in [2.05, 4.69) is 20.1 Å². The summed E-state index contributed by atoms with van der Waals surface area (Å²) in [6.07, 6.45) is 1.94. The third-order valence-electron chi connectivity index (χ3n) is 6.13. The van der Waals surface area contributed by atoms with E-state index in [1.807, 2.05) is 4.68 Å². The number of carbonyl (C=O) groups excluding carboxylic acids is 2. The van der Waals surface area contributed by atoms with E-state index >= 15 is 0 Å². The standard InChI is InChI=1S/C24H25F3N4O4/c1-23(2,34)17-11-19-15(12-29-31(19)16-7-5-14(13-32)6-8-16)10-18(17)30-22(33)21-20(4-3-9-28-21)35-24(25,26)27/h3-4,9-14,16,34H,5-8H2,1-2H3,(H,30,33). The molecule has 0 aliphatic heterocycles. The van der Waals surface area contributed by atoms with Crippen molar-refractivity contribution in [3.63, 3.8) is 0 Å². The Morgan fingerprint density at radius 3 is 2.57 bits per heavy atom.